The van der Waals surface area contributed by atoms with Crippen molar-refractivity contribution in [1.82, 2.24) is 0 Å². The van der Waals surface area contributed by atoms with Crippen LogP contribution in [-0.2, 0) is 4.74 Å². The number of ether oxygens (including phenoxy) is 1. The fourth-order valence-corrected chi connectivity index (χ4v) is 1.56. The molecule has 0 bridgehead atoms. The van der Waals surface area contributed by atoms with Gasteiger partial charge in [-0.3, -0.25) is 4.79 Å². The zero-order valence-electron chi connectivity index (χ0n) is 9.30. The van der Waals surface area contributed by atoms with Gasteiger partial charge < -0.3 is 4.74 Å². The van der Waals surface area contributed by atoms with Crippen LogP contribution in [0.4, 0.5) is 0 Å². The second-order valence-electron chi connectivity index (χ2n) is 3.64. The Balaban J connectivity index is 2.63. The number of rotatable bonds is 5. The summed E-state index contributed by atoms with van der Waals surface area (Å²) in [6, 6.07) is 4.93. The maximum absolute atomic E-state index is 11.8. The van der Waals surface area contributed by atoms with E-state index in [2.05, 4.69) is 0 Å². The van der Waals surface area contributed by atoms with Gasteiger partial charge in [-0.15, -0.1) is 0 Å². The third-order valence-electron chi connectivity index (χ3n) is 2.42. The minimum atomic E-state index is 0.0578. The molecule has 0 aliphatic rings. The Hall–Kier alpha value is -0.570. The summed E-state index contributed by atoms with van der Waals surface area (Å²) >= 11 is 11.6. The van der Waals surface area contributed by atoms with Gasteiger partial charge in [-0.05, 0) is 31.5 Å². The van der Waals surface area contributed by atoms with Gasteiger partial charge >= 0.3 is 0 Å². The van der Waals surface area contributed by atoms with E-state index in [4.69, 9.17) is 27.9 Å². The van der Waals surface area contributed by atoms with Crippen LogP contribution in [0.5, 0.6) is 0 Å². The van der Waals surface area contributed by atoms with E-state index in [1.165, 1.54) is 0 Å². The highest BCUT2D eigenvalue weighted by molar-refractivity contribution is 6.42. The van der Waals surface area contributed by atoms with Gasteiger partial charge in [-0.25, -0.2) is 0 Å². The second-order valence-corrected chi connectivity index (χ2v) is 4.45. The molecule has 0 fully saturated rings. The zero-order chi connectivity index (χ0) is 12.1. The number of benzene rings is 1. The largest absolute Gasteiger partial charge is 0.382 e. The average Bonchev–Trinajstić information content (AvgIpc) is 2.29. The SMILES string of the molecule is COC(C)CCC(=O)c1ccc(Cl)c(Cl)c1. The van der Waals surface area contributed by atoms with Crippen LogP contribution in [0.25, 0.3) is 0 Å². The molecule has 4 heteroatoms. The normalized spacial score (nSPS) is 12.5. The van der Waals surface area contributed by atoms with Crippen molar-refractivity contribution in [2.45, 2.75) is 25.9 Å². The highest BCUT2D eigenvalue weighted by Crippen LogP contribution is 2.23. The van der Waals surface area contributed by atoms with E-state index in [-0.39, 0.29) is 11.9 Å². The molecule has 0 N–H and O–H groups in total. The van der Waals surface area contributed by atoms with Crippen LogP contribution >= 0.6 is 23.2 Å². The molecule has 2 nitrogen and oxygen atoms in total. The number of carbonyl (C=O) groups excluding carboxylic acids is 1. The fraction of sp³-hybridized carbons (Fsp3) is 0.417. The van der Waals surface area contributed by atoms with E-state index in [0.29, 0.717) is 28.5 Å². The van der Waals surface area contributed by atoms with Gasteiger partial charge in [0.1, 0.15) is 0 Å². The Bertz CT molecular complexity index is 377. The van der Waals surface area contributed by atoms with Crippen LogP contribution in [0.1, 0.15) is 30.1 Å². The Morgan fingerprint density at radius 2 is 2.06 bits per heavy atom. The van der Waals surface area contributed by atoms with Crippen molar-refractivity contribution in [1.29, 1.82) is 0 Å². The highest BCUT2D eigenvalue weighted by atomic mass is 35.5. The Kier molecular flexibility index (Phi) is 5.26. The molecule has 1 rings (SSSR count). The van der Waals surface area contributed by atoms with E-state index < -0.39 is 0 Å². The molecule has 0 aliphatic carbocycles. The van der Waals surface area contributed by atoms with Crippen molar-refractivity contribution in [2.24, 2.45) is 0 Å². The molecule has 0 radical (unpaired) electrons. The molecular formula is C12H14Cl2O2. The summed E-state index contributed by atoms with van der Waals surface area (Å²) < 4.78 is 5.08. The molecule has 1 aromatic carbocycles. The minimum absolute atomic E-state index is 0.0578. The third kappa shape index (κ3) is 3.78. The maximum atomic E-state index is 11.8. The molecule has 0 aromatic heterocycles. The van der Waals surface area contributed by atoms with E-state index >= 15 is 0 Å². The van der Waals surface area contributed by atoms with Crippen LogP contribution in [-0.4, -0.2) is 19.0 Å². The quantitative estimate of drug-likeness (QED) is 0.749. The van der Waals surface area contributed by atoms with Crippen molar-refractivity contribution in [3.8, 4) is 0 Å². The van der Waals surface area contributed by atoms with Crippen molar-refractivity contribution in [3.63, 3.8) is 0 Å². The van der Waals surface area contributed by atoms with E-state index in [1.54, 1.807) is 25.3 Å². The fourth-order valence-electron chi connectivity index (χ4n) is 1.27. The number of halogens is 2. The highest BCUT2D eigenvalue weighted by Gasteiger charge is 2.10. The van der Waals surface area contributed by atoms with Crippen LogP contribution < -0.4 is 0 Å². The summed E-state index contributed by atoms with van der Waals surface area (Å²) in [5.41, 5.74) is 0.595. The van der Waals surface area contributed by atoms with E-state index in [1.807, 2.05) is 6.92 Å². The van der Waals surface area contributed by atoms with E-state index in [9.17, 15) is 4.79 Å². The molecule has 0 spiro atoms. The number of hydrogen-bond donors (Lipinski definition) is 0. The Morgan fingerprint density at radius 1 is 1.38 bits per heavy atom. The number of hydrogen-bond acceptors (Lipinski definition) is 2. The van der Waals surface area contributed by atoms with Gasteiger partial charge in [0.2, 0.25) is 0 Å². The van der Waals surface area contributed by atoms with Gasteiger partial charge in [0, 0.05) is 19.1 Å². The van der Waals surface area contributed by atoms with Gasteiger partial charge in [0.05, 0.1) is 16.1 Å². The molecule has 0 aliphatic heterocycles. The summed E-state index contributed by atoms with van der Waals surface area (Å²) in [6.07, 6.45) is 1.24. The van der Waals surface area contributed by atoms with Crippen molar-refractivity contribution < 1.29 is 9.53 Å². The second kappa shape index (κ2) is 6.24. The summed E-state index contributed by atoms with van der Waals surface area (Å²) in [4.78, 5) is 11.8. The lowest BCUT2D eigenvalue weighted by Gasteiger charge is -2.08. The maximum Gasteiger partial charge on any atom is 0.163 e. The molecule has 1 atom stereocenters. The molecule has 1 aromatic rings. The lowest BCUT2D eigenvalue weighted by Crippen LogP contribution is -2.08. The number of carbonyl (C=O) groups is 1. The van der Waals surface area contributed by atoms with Crippen LogP contribution in [0.3, 0.4) is 0 Å². The smallest absolute Gasteiger partial charge is 0.163 e. The van der Waals surface area contributed by atoms with Crippen LogP contribution in [0.2, 0.25) is 10.0 Å². The first-order valence-electron chi connectivity index (χ1n) is 5.05. The predicted octanol–water partition coefficient (Wildman–Crippen LogP) is 3.99. The lowest BCUT2D eigenvalue weighted by atomic mass is 10.1. The lowest BCUT2D eigenvalue weighted by molar-refractivity contribution is 0.0878. The van der Waals surface area contributed by atoms with E-state index in [0.717, 1.165) is 0 Å². The predicted molar refractivity (Wildman–Crippen MR) is 66.5 cm³/mol. The summed E-state index contributed by atoms with van der Waals surface area (Å²) in [6.45, 7) is 1.93. The Morgan fingerprint density at radius 3 is 2.62 bits per heavy atom. The Labute approximate surface area is 106 Å². The first-order valence-corrected chi connectivity index (χ1v) is 5.81. The summed E-state index contributed by atoms with van der Waals surface area (Å²) in [5, 5.41) is 0.871. The van der Waals surface area contributed by atoms with Gasteiger partial charge in [0.25, 0.3) is 0 Å². The van der Waals surface area contributed by atoms with Gasteiger partial charge in [0.15, 0.2) is 5.78 Å². The topological polar surface area (TPSA) is 26.3 Å². The van der Waals surface area contributed by atoms with Crippen molar-refractivity contribution in [2.75, 3.05) is 7.11 Å². The number of ketones is 1. The molecule has 0 saturated carbocycles. The van der Waals surface area contributed by atoms with Gasteiger partial charge in [-0.2, -0.15) is 0 Å². The zero-order valence-corrected chi connectivity index (χ0v) is 10.8. The van der Waals surface area contributed by atoms with Crippen LogP contribution in [0, 0.1) is 0 Å². The summed E-state index contributed by atoms with van der Waals surface area (Å²) in [5.74, 6) is 0.0578. The van der Waals surface area contributed by atoms with Crippen molar-refractivity contribution >= 4 is 29.0 Å². The number of methoxy groups -OCH3 is 1. The third-order valence-corrected chi connectivity index (χ3v) is 3.16. The van der Waals surface area contributed by atoms with Crippen molar-refractivity contribution in [3.05, 3.63) is 33.8 Å². The first-order chi connectivity index (χ1) is 7.54. The molecule has 1 unspecified atom stereocenters. The number of Topliss-reactive ketones (excluding diaryl/α,β-unsaturated/α-hetero) is 1. The van der Waals surface area contributed by atoms with Gasteiger partial charge in [-0.1, -0.05) is 23.2 Å². The first kappa shape index (κ1) is 13.5. The van der Waals surface area contributed by atoms with Crippen LogP contribution in [0.15, 0.2) is 18.2 Å². The monoisotopic (exact) mass is 260 g/mol. The minimum Gasteiger partial charge on any atom is -0.382 e. The average molecular weight is 261 g/mol. The molecule has 0 heterocycles. The summed E-state index contributed by atoms with van der Waals surface area (Å²) in [7, 11) is 1.63. The molecule has 16 heavy (non-hydrogen) atoms. The molecule has 0 amide bonds. The molecule has 88 valence electrons. The standard InChI is InChI=1S/C12H14Cl2O2/c1-8(16-2)3-6-12(15)9-4-5-10(13)11(14)7-9/h4-5,7-8H,3,6H2,1-2H3. The molecule has 0 saturated heterocycles. The molecular weight excluding hydrogens is 247 g/mol.